The first kappa shape index (κ1) is 23.1. The van der Waals surface area contributed by atoms with E-state index in [2.05, 4.69) is 76.9 Å². The summed E-state index contributed by atoms with van der Waals surface area (Å²) in [4.78, 5) is 2.67. The van der Waals surface area contributed by atoms with Gasteiger partial charge in [0.1, 0.15) is 0 Å². The molecule has 0 amide bonds. The van der Waals surface area contributed by atoms with Gasteiger partial charge in [-0.2, -0.15) is 0 Å². The summed E-state index contributed by atoms with van der Waals surface area (Å²) in [7, 11) is 0. The van der Waals surface area contributed by atoms with Crippen LogP contribution in [0.4, 0.5) is 0 Å². The molecular weight excluding hydrogens is 415 g/mol. The second-order valence-corrected chi connectivity index (χ2v) is 8.26. The first-order valence-electron chi connectivity index (χ1n) is 10.4. The first-order chi connectivity index (χ1) is 13.8. The highest BCUT2D eigenvalue weighted by atomic mass is 35.5. The number of hydrogen-bond acceptors (Lipinski definition) is 3. The van der Waals surface area contributed by atoms with Gasteiger partial charge in [0.05, 0.1) is 18.8 Å². The van der Waals surface area contributed by atoms with Gasteiger partial charge >= 0.3 is 0 Å². The van der Waals surface area contributed by atoms with Crippen molar-refractivity contribution in [1.82, 2.24) is 10.2 Å². The van der Waals surface area contributed by atoms with Crippen LogP contribution in [-0.2, 0) is 24.2 Å². The van der Waals surface area contributed by atoms with Gasteiger partial charge in [0, 0.05) is 26.2 Å². The molecule has 5 heteroatoms. The van der Waals surface area contributed by atoms with Gasteiger partial charge in [0.2, 0.25) is 0 Å². The second kappa shape index (κ2) is 10.1. The number of halogens is 2. The van der Waals surface area contributed by atoms with E-state index in [1.54, 1.807) is 0 Å². The van der Waals surface area contributed by atoms with Gasteiger partial charge in [-0.15, -0.1) is 24.8 Å². The number of piperazine rings is 1. The van der Waals surface area contributed by atoms with E-state index < -0.39 is 0 Å². The predicted molar refractivity (Wildman–Crippen MR) is 129 cm³/mol. The smallest absolute Gasteiger partial charge is 0.0718 e. The number of nitrogens with zero attached hydrogens (tertiary/aromatic N) is 1. The van der Waals surface area contributed by atoms with Crippen molar-refractivity contribution < 1.29 is 4.74 Å². The van der Waals surface area contributed by atoms with E-state index in [0.29, 0.717) is 6.61 Å². The monoisotopic (exact) mass is 444 g/mol. The van der Waals surface area contributed by atoms with Crippen molar-refractivity contribution in [3.05, 3.63) is 83.4 Å². The van der Waals surface area contributed by atoms with Crippen molar-refractivity contribution in [2.45, 2.75) is 25.0 Å². The third-order valence-corrected chi connectivity index (χ3v) is 6.40. The van der Waals surface area contributed by atoms with Crippen LogP contribution in [0.15, 0.2) is 66.7 Å². The van der Waals surface area contributed by atoms with E-state index >= 15 is 0 Å². The van der Waals surface area contributed by atoms with E-state index in [1.165, 1.54) is 27.5 Å². The van der Waals surface area contributed by atoms with Crippen LogP contribution in [0.2, 0.25) is 0 Å². The van der Waals surface area contributed by atoms with Crippen LogP contribution in [0.3, 0.4) is 0 Å². The molecule has 3 aromatic carbocycles. The summed E-state index contributed by atoms with van der Waals surface area (Å²) in [6.45, 7) is 5.82. The quantitative estimate of drug-likeness (QED) is 0.619. The number of ether oxygens (including phenoxy) is 1. The highest BCUT2D eigenvalue weighted by molar-refractivity contribution is 5.85. The first-order valence-corrected chi connectivity index (χ1v) is 10.4. The van der Waals surface area contributed by atoms with Gasteiger partial charge in [-0.25, -0.2) is 0 Å². The Balaban J connectivity index is 0.00000128. The maximum Gasteiger partial charge on any atom is 0.0718 e. The largest absolute Gasteiger partial charge is 0.375 e. The number of nitrogens with one attached hydrogen (secondary N) is 1. The SMILES string of the molecule is Cl.Cl.c1ccc2c(c1)CC(COCc1ccc3ccccc3c1)(N1CCNCC1)C2. The number of rotatable bonds is 5. The fraction of sp³-hybridized carbons (Fsp3) is 0.360. The van der Waals surface area contributed by atoms with Crippen LogP contribution in [0.1, 0.15) is 16.7 Å². The topological polar surface area (TPSA) is 24.5 Å². The number of benzene rings is 3. The summed E-state index contributed by atoms with van der Waals surface area (Å²) in [6, 6.07) is 24.1. The molecular formula is C25H30Cl2N2O. The van der Waals surface area contributed by atoms with Gasteiger partial charge in [0.15, 0.2) is 0 Å². The highest BCUT2D eigenvalue weighted by Gasteiger charge is 2.42. The minimum atomic E-state index is 0. The van der Waals surface area contributed by atoms with Gasteiger partial charge in [0.25, 0.3) is 0 Å². The van der Waals surface area contributed by atoms with Gasteiger partial charge in [-0.1, -0.05) is 60.7 Å². The molecule has 0 aromatic heterocycles. The van der Waals surface area contributed by atoms with E-state index in [9.17, 15) is 0 Å². The van der Waals surface area contributed by atoms with E-state index in [0.717, 1.165) is 45.6 Å². The zero-order chi connectivity index (χ0) is 18.8. The van der Waals surface area contributed by atoms with Crippen LogP contribution < -0.4 is 5.32 Å². The summed E-state index contributed by atoms with van der Waals surface area (Å²) < 4.78 is 6.38. The van der Waals surface area contributed by atoms with Crippen molar-refractivity contribution in [3.8, 4) is 0 Å². The normalized spacial score (nSPS) is 17.7. The zero-order valence-corrected chi connectivity index (χ0v) is 18.8. The Hall–Kier alpha value is -1.62. The minimum Gasteiger partial charge on any atom is -0.375 e. The standard InChI is InChI=1S/C25H28N2O.2ClH/c1-2-6-22-15-20(9-10-21(22)5-1)18-28-19-25(27-13-11-26-12-14-27)16-23-7-3-4-8-24(23)17-25;;/h1-10,15,26H,11-14,16-19H2;2*1H. The molecule has 3 nitrogen and oxygen atoms in total. The molecule has 1 heterocycles. The molecule has 3 aromatic rings. The highest BCUT2D eigenvalue weighted by Crippen LogP contribution is 2.35. The molecule has 1 N–H and O–H groups in total. The molecule has 1 aliphatic carbocycles. The Labute approximate surface area is 191 Å². The predicted octanol–water partition coefficient (Wildman–Crippen LogP) is 4.64. The lowest BCUT2D eigenvalue weighted by Gasteiger charge is -2.43. The summed E-state index contributed by atoms with van der Waals surface area (Å²) in [5, 5.41) is 6.07. The molecule has 1 fully saturated rings. The molecule has 30 heavy (non-hydrogen) atoms. The minimum absolute atomic E-state index is 0. The summed E-state index contributed by atoms with van der Waals surface area (Å²) >= 11 is 0. The molecule has 2 aliphatic rings. The molecule has 0 unspecified atom stereocenters. The fourth-order valence-electron chi connectivity index (χ4n) is 4.92. The maximum absolute atomic E-state index is 6.38. The Bertz CT molecular complexity index is 947. The second-order valence-electron chi connectivity index (χ2n) is 8.26. The molecule has 1 saturated heterocycles. The van der Waals surface area contributed by atoms with Crippen LogP contribution in [0.5, 0.6) is 0 Å². The summed E-state index contributed by atoms with van der Waals surface area (Å²) in [5.74, 6) is 0. The van der Waals surface area contributed by atoms with Crippen molar-refractivity contribution in [2.24, 2.45) is 0 Å². The number of hydrogen-bond donors (Lipinski definition) is 1. The Morgan fingerprint density at radius 3 is 2.13 bits per heavy atom. The molecule has 0 atom stereocenters. The lowest BCUT2D eigenvalue weighted by molar-refractivity contribution is -0.0158. The summed E-state index contributed by atoms with van der Waals surface area (Å²) in [5.41, 5.74) is 4.35. The lowest BCUT2D eigenvalue weighted by Crippen LogP contribution is -2.59. The van der Waals surface area contributed by atoms with Crippen molar-refractivity contribution in [2.75, 3.05) is 32.8 Å². The van der Waals surface area contributed by atoms with Crippen molar-refractivity contribution in [1.29, 1.82) is 0 Å². The van der Waals surface area contributed by atoms with Crippen molar-refractivity contribution in [3.63, 3.8) is 0 Å². The molecule has 160 valence electrons. The molecule has 0 radical (unpaired) electrons. The van der Waals surface area contributed by atoms with E-state index in [-0.39, 0.29) is 30.4 Å². The molecule has 5 rings (SSSR count). The molecule has 0 bridgehead atoms. The van der Waals surface area contributed by atoms with Gasteiger partial charge in [-0.05, 0) is 46.4 Å². The van der Waals surface area contributed by atoms with Gasteiger partial charge < -0.3 is 10.1 Å². The molecule has 0 saturated carbocycles. The van der Waals surface area contributed by atoms with E-state index in [1.807, 2.05) is 0 Å². The summed E-state index contributed by atoms with van der Waals surface area (Å²) in [6.07, 6.45) is 2.20. The van der Waals surface area contributed by atoms with Crippen LogP contribution in [0, 0.1) is 0 Å². The van der Waals surface area contributed by atoms with Crippen LogP contribution >= 0.6 is 24.8 Å². The Kier molecular flexibility index (Phi) is 7.78. The molecule has 1 aliphatic heterocycles. The number of fused-ring (bicyclic) bond motifs is 2. The average molecular weight is 445 g/mol. The van der Waals surface area contributed by atoms with E-state index in [4.69, 9.17) is 4.74 Å². The average Bonchev–Trinajstić information content (AvgIpc) is 3.14. The van der Waals surface area contributed by atoms with Crippen LogP contribution in [-0.4, -0.2) is 43.2 Å². The van der Waals surface area contributed by atoms with Crippen molar-refractivity contribution >= 4 is 35.6 Å². The lowest BCUT2D eigenvalue weighted by atomic mass is 9.93. The maximum atomic E-state index is 6.38. The fourth-order valence-corrected chi connectivity index (χ4v) is 4.92. The van der Waals surface area contributed by atoms with Crippen LogP contribution in [0.25, 0.3) is 10.8 Å². The molecule has 0 spiro atoms. The Morgan fingerprint density at radius 2 is 1.43 bits per heavy atom. The third kappa shape index (κ3) is 4.66. The van der Waals surface area contributed by atoms with Gasteiger partial charge in [-0.3, -0.25) is 4.90 Å². The zero-order valence-electron chi connectivity index (χ0n) is 17.2. The third-order valence-electron chi connectivity index (χ3n) is 6.40. The Morgan fingerprint density at radius 1 is 0.800 bits per heavy atom.